The van der Waals surface area contributed by atoms with Crippen LogP contribution < -0.4 is 11.1 Å². The molecule has 6 heteroatoms. The Kier molecular flexibility index (Phi) is 11.9. The molecule has 1 amide bonds. The summed E-state index contributed by atoms with van der Waals surface area (Å²) in [5.41, 5.74) is 7.82. The molecule has 0 saturated carbocycles. The molecule has 0 radical (unpaired) electrons. The third-order valence-electron chi connectivity index (χ3n) is 3.33. The first kappa shape index (κ1) is 22.4. The van der Waals surface area contributed by atoms with E-state index in [9.17, 15) is 4.79 Å². The largest absolute Gasteiger partial charge is 0.354 e. The Morgan fingerprint density at radius 3 is 1.75 bits per heavy atom. The van der Waals surface area contributed by atoms with Gasteiger partial charge in [0, 0.05) is 26.2 Å². The van der Waals surface area contributed by atoms with Gasteiger partial charge >= 0.3 is 0 Å². The highest BCUT2D eigenvalue weighted by molar-refractivity contribution is 5.85. The minimum absolute atomic E-state index is 0. The van der Waals surface area contributed by atoms with Crippen LogP contribution in [0.4, 0.5) is 0 Å². The number of rotatable bonds is 8. The van der Waals surface area contributed by atoms with Crippen molar-refractivity contribution in [1.82, 2.24) is 10.2 Å². The van der Waals surface area contributed by atoms with E-state index in [4.69, 9.17) is 5.73 Å². The Morgan fingerprint density at radius 1 is 0.875 bits per heavy atom. The summed E-state index contributed by atoms with van der Waals surface area (Å²) < 4.78 is 0. The monoisotopic (exact) mass is 369 g/mol. The van der Waals surface area contributed by atoms with E-state index in [1.165, 1.54) is 11.1 Å². The normalized spacial score (nSPS) is 9.75. The van der Waals surface area contributed by atoms with Gasteiger partial charge in [0.15, 0.2) is 0 Å². The van der Waals surface area contributed by atoms with E-state index in [1.807, 2.05) is 36.4 Å². The summed E-state index contributed by atoms with van der Waals surface area (Å²) in [6.07, 6.45) is 0. The SMILES string of the molecule is Cl.Cl.NCCNC(=O)CN(Cc1ccccc1)Cc1ccccc1. The summed E-state index contributed by atoms with van der Waals surface area (Å²) >= 11 is 0. The molecule has 0 spiro atoms. The van der Waals surface area contributed by atoms with Crippen molar-refractivity contribution in [2.45, 2.75) is 13.1 Å². The van der Waals surface area contributed by atoms with Crippen molar-refractivity contribution in [3.63, 3.8) is 0 Å². The minimum atomic E-state index is 0. The predicted molar refractivity (Wildman–Crippen MR) is 104 cm³/mol. The van der Waals surface area contributed by atoms with Crippen molar-refractivity contribution in [3.8, 4) is 0 Å². The fourth-order valence-corrected chi connectivity index (χ4v) is 2.32. The zero-order chi connectivity index (χ0) is 15.6. The maximum Gasteiger partial charge on any atom is 0.234 e. The number of carbonyl (C=O) groups excluding carboxylic acids is 1. The number of carbonyl (C=O) groups is 1. The average Bonchev–Trinajstić information content (AvgIpc) is 2.55. The molecule has 0 unspecified atom stereocenters. The Bertz CT molecular complexity index is 525. The highest BCUT2D eigenvalue weighted by Gasteiger charge is 2.11. The van der Waals surface area contributed by atoms with Crippen molar-refractivity contribution in [3.05, 3.63) is 71.8 Å². The van der Waals surface area contributed by atoms with Gasteiger partial charge in [0.05, 0.1) is 6.54 Å². The number of benzene rings is 2. The summed E-state index contributed by atoms with van der Waals surface area (Å²) in [6, 6.07) is 20.4. The van der Waals surface area contributed by atoms with E-state index < -0.39 is 0 Å². The number of nitrogens with one attached hydrogen (secondary N) is 1. The summed E-state index contributed by atoms with van der Waals surface area (Å²) in [6.45, 7) is 2.83. The smallest absolute Gasteiger partial charge is 0.234 e. The van der Waals surface area contributed by atoms with Gasteiger partial charge in [0.1, 0.15) is 0 Å². The van der Waals surface area contributed by atoms with E-state index in [-0.39, 0.29) is 30.7 Å². The van der Waals surface area contributed by atoms with Crippen LogP contribution in [0.25, 0.3) is 0 Å². The van der Waals surface area contributed by atoms with Gasteiger partial charge in [-0.05, 0) is 11.1 Å². The molecule has 0 aliphatic heterocycles. The van der Waals surface area contributed by atoms with Crippen LogP contribution in [0.2, 0.25) is 0 Å². The first-order valence-corrected chi connectivity index (χ1v) is 7.55. The van der Waals surface area contributed by atoms with E-state index in [0.29, 0.717) is 19.6 Å². The van der Waals surface area contributed by atoms with Crippen LogP contribution in [0.3, 0.4) is 0 Å². The lowest BCUT2D eigenvalue weighted by Gasteiger charge is -2.22. The third kappa shape index (κ3) is 8.31. The number of nitrogens with zero attached hydrogens (tertiary/aromatic N) is 1. The lowest BCUT2D eigenvalue weighted by molar-refractivity contribution is -0.122. The average molecular weight is 370 g/mol. The highest BCUT2D eigenvalue weighted by atomic mass is 35.5. The second-order valence-corrected chi connectivity index (χ2v) is 5.25. The Balaban J connectivity index is 0.00000264. The quantitative estimate of drug-likeness (QED) is 0.751. The zero-order valence-corrected chi connectivity index (χ0v) is 15.2. The molecule has 0 bridgehead atoms. The Hall–Kier alpha value is -1.59. The lowest BCUT2D eigenvalue weighted by atomic mass is 10.1. The number of nitrogens with two attached hydrogens (primary N) is 1. The molecule has 0 atom stereocenters. The van der Waals surface area contributed by atoms with E-state index in [1.54, 1.807) is 0 Å². The first-order valence-electron chi connectivity index (χ1n) is 7.55. The second kappa shape index (κ2) is 12.8. The highest BCUT2D eigenvalue weighted by Crippen LogP contribution is 2.09. The van der Waals surface area contributed by atoms with Crippen molar-refractivity contribution in [2.24, 2.45) is 5.73 Å². The van der Waals surface area contributed by atoms with E-state index >= 15 is 0 Å². The fraction of sp³-hybridized carbons (Fsp3) is 0.278. The summed E-state index contributed by atoms with van der Waals surface area (Å²) in [4.78, 5) is 14.1. The molecule has 2 aromatic carbocycles. The van der Waals surface area contributed by atoms with Gasteiger partial charge in [-0.25, -0.2) is 0 Å². The number of halogens is 2. The molecule has 132 valence electrons. The van der Waals surface area contributed by atoms with Gasteiger partial charge in [-0.3, -0.25) is 9.69 Å². The maximum absolute atomic E-state index is 12.0. The zero-order valence-electron chi connectivity index (χ0n) is 13.6. The minimum Gasteiger partial charge on any atom is -0.354 e. The van der Waals surface area contributed by atoms with Gasteiger partial charge in [0.2, 0.25) is 5.91 Å². The van der Waals surface area contributed by atoms with Crippen molar-refractivity contribution in [2.75, 3.05) is 19.6 Å². The van der Waals surface area contributed by atoms with Crippen LogP contribution in [0.15, 0.2) is 60.7 Å². The van der Waals surface area contributed by atoms with Crippen LogP contribution in [0.1, 0.15) is 11.1 Å². The predicted octanol–water partition coefficient (Wildman–Crippen LogP) is 2.61. The molecule has 0 fully saturated rings. The third-order valence-corrected chi connectivity index (χ3v) is 3.33. The molecule has 2 rings (SSSR count). The van der Waals surface area contributed by atoms with E-state index in [0.717, 1.165) is 13.1 Å². The summed E-state index contributed by atoms with van der Waals surface area (Å²) in [5.74, 6) is 0.0114. The first-order chi connectivity index (χ1) is 10.8. The Labute approximate surface area is 156 Å². The maximum atomic E-state index is 12.0. The van der Waals surface area contributed by atoms with Crippen LogP contribution in [-0.2, 0) is 17.9 Å². The van der Waals surface area contributed by atoms with Crippen LogP contribution >= 0.6 is 24.8 Å². The molecule has 3 N–H and O–H groups in total. The molecular weight excluding hydrogens is 345 g/mol. The summed E-state index contributed by atoms with van der Waals surface area (Å²) in [5, 5.41) is 2.83. The van der Waals surface area contributed by atoms with Crippen LogP contribution in [0.5, 0.6) is 0 Å². The lowest BCUT2D eigenvalue weighted by Crippen LogP contribution is -2.38. The fourth-order valence-electron chi connectivity index (χ4n) is 2.32. The van der Waals surface area contributed by atoms with Gasteiger partial charge in [-0.1, -0.05) is 60.7 Å². The van der Waals surface area contributed by atoms with Gasteiger partial charge in [-0.2, -0.15) is 0 Å². The molecule has 0 aliphatic carbocycles. The molecule has 0 heterocycles. The summed E-state index contributed by atoms with van der Waals surface area (Å²) in [7, 11) is 0. The van der Waals surface area contributed by atoms with Gasteiger partial charge in [0.25, 0.3) is 0 Å². The Morgan fingerprint density at radius 2 is 1.33 bits per heavy atom. The molecule has 0 aliphatic rings. The van der Waals surface area contributed by atoms with Crippen molar-refractivity contribution >= 4 is 30.7 Å². The molecular formula is C18H25Cl2N3O. The molecule has 0 saturated heterocycles. The molecule has 4 nitrogen and oxygen atoms in total. The van der Waals surface area contributed by atoms with Gasteiger partial charge in [-0.15, -0.1) is 24.8 Å². The van der Waals surface area contributed by atoms with E-state index in [2.05, 4.69) is 34.5 Å². The molecule has 24 heavy (non-hydrogen) atoms. The van der Waals surface area contributed by atoms with Crippen LogP contribution in [-0.4, -0.2) is 30.4 Å². The number of hydrogen-bond donors (Lipinski definition) is 2. The second-order valence-electron chi connectivity index (χ2n) is 5.25. The number of hydrogen-bond acceptors (Lipinski definition) is 3. The standard InChI is InChI=1S/C18H23N3O.2ClH/c19-11-12-20-18(22)15-21(13-16-7-3-1-4-8-16)14-17-9-5-2-6-10-17;;/h1-10H,11-15,19H2,(H,20,22);2*1H. The van der Waals surface area contributed by atoms with Crippen LogP contribution in [0, 0.1) is 0 Å². The number of amides is 1. The van der Waals surface area contributed by atoms with Gasteiger partial charge < -0.3 is 11.1 Å². The van der Waals surface area contributed by atoms with Crippen molar-refractivity contribution in [1.29, 1.82) is 0 Å². The molecule has 2 aromatic rings. The van der Waals surface area contributed by atoms with Crippen molar-refractivity contribution < 1.29 is 4.79 Å². The topological polar surface area (TPSA) is 58.4 Å². The molecule has 0 aromatic heterocycles.